The van der Waals surface area contributed by atoms with Gasteiger partial charge in [-0.25, -0.2) is 5.01 Å². The maximum Gasteiger partial charge on any atom is 0.276 e. The highest BCUT2D eigenvalue weighted by Crippen LogP contribution is 2.33. The molecule has 1 N–H and O–H groups in total. The molecule has 142 valence electrons. The third kappa shape index (κ3) is 3.68. The highest BCUT2D eigenvalue weighted by molar-refractivity contribution is 8.13. The molecule has 2 heterocycles. The number of hydrogen-bond acceptors (Lipinski definition) is 5. The molecule has 1 amide bonds. The number of benzene rings is 1. The number of thioether (sulfide) groups is 1. The molecular formula is C21H26N4OS. The summed E-state index contributed by atoms with van der Waals surface area (Å²) in [4.78, 5) is 18.0. The van der Waals surface area contributed by atoms with Gasteiger partial charge in [0.05, 0.1) is 5.36 Å². The Kier molecular flexibility index (Phi) is 5.34. The molecular weight excluding hydrogens is 356 g/mol. The number of amidine groups is 1. The molecule has 0 saturated heterocycles. The van der Waals surface area contributed by atoms with Crippen LogP contribution in [0.3, 0.4) is 0 Å². The fourth-order valence-electron chi connectivity index (χ4n) is 3.79. The minimum Gasteiger partial charge on any atom is -0.298 e. The van der Waals surface area contributed by atoms with Crippen molar-refractivity contribution >= 4 is 28.5 Å². The largest absolute Gasteiger partial charge is 0.298 e. The quantitative estimate of drug-likeness (QED) is 0.643. The summed E-state index contributed by atoms with van der Waals surface area (Å²) in [6.45, 7) is 4.36. The van der Waals surface area contributed by atoms with Crippen LogP contribution in [0.4, 0.5) is 0 Å². The first-order valence-corrected chi connectivity index (χ1v) is 10.8. The monoisotopic (exact) mass is 382 g/mol. The Bertz CT molecular complexity index is 920. The molecule has 1 aliphatic carbocycles. The fraction of sp³-hybridized carbons (Fsp3) is 0.476. The number of hydrogen-bond donors (Lipinski definition) is 1. The number of unbranched alkanes of at least 4 members (excludes halogenated alkanes) is 1. The zero-order valence-electron chi connectivity index (χ0n) is 15.9. The van der Waals surface area contributed by atoms with Crippen LogP contribution < -0.4 is 15.9 Å². The van der Waals surface area contributed by atoms with Gasteiger partial charge in [-0.3, -0.25) is 15.1 Å². The van der Waals surface area contributed by atoms with Crippen molar-refractivity contribution in [1.29, 1.82) is 0 Å². The van der Waals surface area contributed by atoms with E-state index in [-0.39, 0.29) is 12.1 Å². The molecule has 2 aliphatic heterocycles. The topological polar surface area (TPSA) is 57.1 Å². The molecule has 4 rings (SSSR count). The number of carbonyl (C=O) groups excluding carboxylic acids is 1. The molecule has 0 bridgehead atoms. The standard InChI is InChI=1S/C21H26N4OS/c1-3-4-13-27-21-23-20(26)18-16-7-5-6-8-17(16)22-19(25(18)24-21)15-11-9-14(2)10-12-15/h5-9,15,19H,3-4,10-13H2,1-2H3,(H,23,24,26)/t15-,19-/m0/s1. The van der Waals surface area contributed by atoms with Crippen LogP contribution >= 0.6 is 11.8 Å². The first kappa shape index (κ1) is 18.3. The summed E-state index contributed by atoms with van der Waals surface area (Å²) in [6, 6.07) is 7.90. The van der Waals surface area contributed by atoms with E-state index in [9.17, 15) is 4.79 Å². The van der Waals surface area contributed by atoms with E-state index < -0.39 is 0 Å². The van der Waals surface area contributed by atoms with Crippen LogP contribution in [0.15, 0.2) is 46.0 Å². The second-order valence-corrected chi connectivity index (χ2v) is 8.48. The number of carbonyl (C=O) groups is 1. The summed E-state index contributed by atoms with van der Waals surface area (Å²) in [5, 5.41) is 12.2. The fourth-order valence-corrected chi connectivity index (χ4v) is 4.73. The SMILES string of the molecule is CCCCSC1=NN2C(=c3ccccc3=N[C@@H]2[C@H]2CC=C(C)CC2)C(=O)N1. The molecule has 0 aromatic heterocycles. The molecule has 0 unspecified atom stereocenters. The third-order valence-corrected chi connectivity index (χ3v) is 6.33. The van der Waals surface area contributed by atoms with E-state index in [2.05, 4.69) is 25.2 Å². The van der Waals surface area contributed by atoms with Crippen LogP contribution in [0.25, 0.3) is 5.70 Å². The minimum absolute atomic E-state index is 0.0705. The third-order valence-electron chi connectivity index (χ3n) is 5.38. The van der Waals surface area contributed by atoms with E-state index in [4.69, 9.17) is 10.1 Å². The zero-order chi connectivity index (χ0) is 18.8. The summed E-state index contributed by atoms with van der Waals surface area (Å²) in [5.41, 5.74) is 2.08. The molecule has 1 aromatic rings. The van der Waals surface area contributed by atoms with Gasteiger partial charge >= 0.3 is 0 Å². The van der Waals surface area contributed by atoms with Crippen molar-refractivity contribution in [3.8, 4) is 0 Å². The predicted molar refractivity (Wildman–Crippen MR) is 110 cm³/mol. The van der Waals surface area contributed by atoms with Gasteiger partial charge in [-0.1, -0.05) is 55.0 Å². The van der Waals surface area contributed by atoms with E-state index in [1.807, 2.05) is 29.3 Å². The van der Waals surface area contributed by atoms with Gasteiger partial charge in [0.2, 0.25) is 0 Å². The highest BCUT2D eigenvalue weighted by atomic mass is 32.2. The maximum atomic E-state index is 13.0. The molecule has 1 aromatic carbocycles. The van der Waals surface area contributed by atoms with Crippen molar-refractivity contribution < 1.29 is 4.79 Å². The molecule has 0 radical (unpaired) electrons. The van der Waals surface area contributed by atoms with Gasteiger partial charge in [0, 0.05) is 16.9 Å². The normalized spacial score (nSPS) is 24.3. The molecule has 0 saturated carbocycles. The minimum atomic E-state index is -0.118. The maximum absolute atomic E-state index is 13.0. The number of amides is 1. The van der Waals surface area contributed by atoms with E-state index in [0.29, 0.717) is 16.8 Å². The average molecular weight is 383 g/mol. The molecule has 0 fully saturated rings. The number of para-hydroxylation sites is 1. The molecule has 5 nitrogen and oxygen atoms in total. The molecule has 6 heteroatoms. The highest BCUT2D eigenvalue weighted by Gasteiger charge is 2.37. The number of nitrogens with one attached hydrogen (secondary N) is 1. The number of nitrogens with zero attached hydrogens (tertiary/aromatic N) is 3. The second kappa shape index (κ2) is 7.89. The van der Waals surface area contributed by atoms with Gasteiger partial charge in [-0.15, -0.1) is 5.10 Å². The number of rotatable bonds is 4. The Morgan fingerprint density at radius 3 is 2.96 bits per heavy atom. The summed E-state index contributed by atoms with van der Waals surface area (Å²) >= 11 is 1.62. The smallest absolute Gasteiger partial charge is 0.276 e. The van der Waals surface area contributed by atoms with Gasteiger partial charge < -0.3 is 0 Å². The van der Waals surface area contributed by atoms with Crippen molar-refractivity contribution in [2.24, 2.45) is 16.0 Å². The Hall–Kier alpha value is -2.08. The number of allylic oxidation sites excluding steroid dienone is 2. The molecule has 0 spiro atoms. The van der Waals surface area contributed by atoms with Crippen molar-refractivity contribution in [3.63, 3.8) is 0 Å². The van der Waals surface area contributed by atoms with Crippen molar-refractivity contribution in [2.45, 2.75) is 52.1 Å². The summed E-state index contributed by atoms with van der Waals surface area (Å²) in [6.07, 6.45) is 7.60. The lowest BCUT2D eigenvalue weighted by Gasteiger charge is -2.38. The van der Waals surface area contributed by atoms with Crippen LogP contribution in [-0.2, 0) is 4.79 Å². The summed E-state index contributed by atoms with van der Waals surface area (Å²) < 4.78 is 0. The molecule has 2 atom stereocenters. The van der Waals surface area contributed by atoms with E-state index in [0.717, 1.165) is 48.4 Å². The van der Waals surface area contributed by atoms with Gasteiger partial charge in [-0.2, -0.15) is 0 Å². The van der Waals surface area contributed by atoms with Crippen LogP contribution in [0, 0.1) is 5.92 Å². The van der Waals surface area contributed by atoms with Crippen molar-refractivity contribution in [1.82, 2.24) is 10.3 Å². The Balaban J connectivity index is 1.75. The molecule has 27 heavy (non-hydrogen) atoms. The summed E-state index contributed by atoms with van der Waals surface area (Å²) in [7, 11) is 0. The van der Waals surface area contributed by atoms with Gasteiger partial charge in [0.25, 0.3) is 5.91 Å². The lowest BCUT2D eigenvalue weighted by Crippen LogP contribution is -2.54. The van der Waals surface area contributed by atoms with Crippen LogP contribution in [0.1, 0.15) is 46.0 Å². The van der Waals surface area contributed by atoms with Crippen LogP contribution in [0.5, 0.6) is 0 Å². The molecule has 3 aliphatic rings. The summed E-state index contributed by atoms with van der Waals surface area (Å²) in [5.74, 6) is 1.26. The predicted octanol–water partition coefficient (Wildman–Crippen LogP) is 2.74. The Morgan fingerprint density at radius 2 is 2.19 bits per heavy atom. The average Bonchev–Trinajstić information content (AvgIpc) is 2.68. The van der Waals surface area contributed by atoms with Gasteiger partial charge in [-0.05, 0) is 38.7 Å². The lowest BCUT2D eigenvalue weighted by molar-refractivity contribution is -0.116. The lowest BCUT2D eigenvalue weighted by atomic mass is 9.87. The number of fused-ring (bicyclic) bond motifs is 2. The Morgan fingerprint density at radius 1 is 1.33 bits per heavy atom. The van der Waals surface area contributed by atoms with Crippen molar-refractivity contribution in [3.05, 3.63) is 46.5 Å². The van der Waals surface area contributed by atoms with Crippen LogP contribution in [0.2, 0.25) is 0 Å². The van der Waals surface area contributed by atoms with Crippen molar-refractivity contribution in [2.75, 3.05) is 5.75 Å². The second-order valence-electron chi connectivity index (χ2n) is 7.40. The Labute approximate surface area is 164 Å². The van der Waals surface area contributed by atoms with E-state index >= 15 is 0 Å². The van der Waals surface area contributed by atoms with E-state index in [1.54, 1.807) is 11.8 Å². The first-order chi connectivity index (χ1) is 13.2. The zero-order valence-corrected chi connectivity index (χ0v) is 16.8. The van der Waals surface area contributed by atoms with E-state index in [1.165, 1.54) is 5.57 Å². The number of hydrazone groups is 1. The van der Waals surface area contributed by atoms with Gasteiger partial charge in [0.1, 0.15) is 11.9 Å². The first-order valence-electron chi connectivity index (χ1n) is 9.82. The van der Waals surface area contributed by atoms with Gasteiger partial charge in [0.15, 0.2) is 5.17 Å². The van der Waals surface area contributed by atoms with Crippen LogP contribution in [-0.4, -0.2) is 28.0 Å².